The van der Waals surface area contributed by atoms with Crippen LogP contribution in [0.4, 0.5) is 10.7 Å². The van der Waals surface area contributed by atoms with Gasteiger partial charge in [0.1, 0.15) is 6.04 Å². The summed E-state index contributed by atoms with van der Waals surface area (Å²) in [4.78, 5) is 29.9. The molecular weight excluding hydrogens is 296 g/mol. The van der Waals surface area contributed by atoms with Gasteiger partial charge in [-0.05, 0) is 19.3 Å². The van der Waals surface area contributed by atoms with Crippen molar-refractivity contribution in [2.45, 2.75) is 44.7 Å². The first-order valence-corrected chi connectivity index (χ1v) is 8.10. The van der Waals surface area contributed by atoms with Crippen LogP contribution in [0.25, 0.3) is 0 Å². The second kappa shape index (κ2) is 7.85. The second-order valence-electron chi connectivity index (χ2n) is 5.96. The van der Waals surface area contributed by atoms with Gasteiger partial charge in [-0.2, -0.15) is 0 Å². The van der Waals surface area contributed by atoms with Gasteiger partial charge in [0.25, 0.3) is 0 Å². The van der Waals surface area contributed by atoms with Gasteiger partial charge in [-0.1, -0.05) is 13.3 Å². The van der Waals surface area contributed by atoms with Crippen molar-refractivity contribution in [2.75, 3.05) is 18.0 Å². The molecule has 1 aromatic heterocycles. The minimum Gasteiger partial charge on any atom is -0.352 e. The molecule has 0 saturated carbocycles. The third-order valence-electron chi connectivity index (χ3n) is 4.13. The van der Waals surface area contributed by atoms with Crippen LogP contribution in [-0.4, -0.2) is 46.7 Å². The van der Waals surface area contributed by atoms with Gasteiger partial charge in [0.05, 0.1) is 0 Å². The third-order valence-corrected chi connectivity index (χ3v) is 4.13. The van der Waals surface area contributed by atoms with Gasteiger partial charge in [-0.25, -0.2) is 9.78 Å². The summed E-state index contributed by atoms with van der Waals surface area (Å²) < 4.78 is 1.99. The molecule has 1 atom stereocenters. The molecule has 8 nitrogen and oxygen atoms in total. The summed E-state index contributed by atoms with van der Waals surface area (Å²) in [6.45, 7) is 3.66. The quantitative estimate of drug-likeness (QED) is 0.702. The van der Waals surface area contributed by atoms with Crippen molar-refractivity contribution in [2.24, 2.45) is 12.8 Å². The summed E-state index contributed by atoms with van der Waals surface area (Å²) in [6.07, 6.45) is 6.81. The molecule has 1 aliphatic heterocycles. The fourth-order valence-electron chi connectivity index (χ4n) is 2.92. The monoisotopic (exact) mass is 322 g/mol. The van der Waals surface area contributed by atoms with Crippen molar-refractivity contribution in [3.05, 3.63) is 12.4 Å². The maximum absolute atomic E-state index is 12.3. The first-order valence-electron chi connectivity index (χ1n) is 8.10. The largest absolute Gasteiger partial charge is 0.352 e. The van der Waals surface area contributed by atoms with E-state index in [-0.39, 0.29) is 11.9 Å². The molecule has 0 bridgehead atoms. The molecule has 23 heavy (non-hydrogen) atoms. The number of hydrogen-bond donors (Lipinski definition) is 3. The maximum Gasteiger partial charge on any atom is 0.312 e. The Morgan fingerprint density at radius 3 is 2.65 bits per heavy atom. The fourth-order valence-corrected chi connectivity index (χ4v) is 2.92. The summed E-state index contributed by atoms with van der Waals surface area (Å²) in [5.74, 6) is 0.801. The molecule has 1 fully saturated rings. The van der Waals surface area contributed by atoms with Crippen molar-refractivity contribution < 1.29 is 9.59 Å². The van der Waals surface area contributed by atoms with Gasteiger partial charge < -0.3 is 25.8 Å². The van der Waals surface area contributed by atoms with E-state index in [0.29, 0.717) is 6.42 Å². The lowest BCUT2D eigenvalue weighted by atomic mass is 10.0. The normalized spacial score (nSPS) is 16.9. The number of primary amides is 1. The molecule has 2 heterocycles. The third kappa shape index (κ3) is 4.61. The van der Waals surface area contributed by atoms with Crippen LogP contribution in [-0.2, 0) is 11.8 Å². The Morgan fingerprint density at radius 1 is 1.43 bits per heavy atom. The Hall–Kier alpha value is -2.25. The van der Waals surface area contributed by atoms with E-state index in [1.807, 2.05) is 24.7 Å². The van der Waals surface area contributed by atoms with Crippen molar-refractivity contribution >= 4 is 17.9 Å². The number of nitrogens with one attached hydrogen (secondary N) is 2. The van der Waals surface area contributed by atoms with Crippen LogP contribution in [0, 0.1) is 0 Å². The highest BCUT2D eigenvalue weighted by molar-refractivity contribution is 5.86. The van der Waals surface area contributed by atoms with Crippen LogP contribution in [0.1, 0.15) is 32.6 Å². The van der Waals surface area contributed by atoms with Crippen LogP contribution in [0.3, 0.4) is 0 Å². The van der Waals surface area contributed by atoms with Crippen LogP contribution in [0.5, 0.6) is 0 Å². The number of anilines is 1. The number of carbonyl (C=O) groups excluding carboxylic acids is 2. The fraction of sp³-hybridized carbons (Fsp3) is 0.667. The number of urea groups is 1. The van der Waals surface area contributed by atoms with E-state index in [1.165, 1.54) is 0 Å². The lowest BCUT2D eigenvalue weighted by Gasteiger charge is -2.33. The van der Waals surface area contributed by atoms with Gasteiger partial charge >= 0.3 is 6.03 Å². The van der Waals surface area contributed by atoms with Gasteiger partial charge in [0.2, 0.25) is 11.9 Å². The number of amides is 3. The number of aromatic nitrogens is 2. The van der Waals surface area contributed by atoms with Crippen molar-refractivity contribution in [1.82, 2.24) is 20.2 Å². The maximum atomic E-state index is 12.3. The van der Waals surface area contributed by atoms with E-state index in [1.54, 1.807) is 6.20 Å². The standard InChI is InChI=1S/C15H26N6O2/c1-3-4-12(19-14(16)23)13(22)18-11-5-8-21(9-6-11)15-17-7-10-20(15)2/h7,10-12H,3-6,8-9H2,1-2H3,(H,18,22)(H3,16,19,23)/t12-/m1/s1. The van der Waals surface area contributed by atoms with E-state index >= 15 is 0 Å². The van der Waals surface area contributed by atoms with Crippen LogP contribution < -0.4 is 21.3 Å². The zero-order valence-corrected chi connectivity index (χ0v) is 13.8. The molecule has 1 aliphatic rings. The van der Waals surface area contributed by atoms with E-state index in [0.717, 1.165) is 38.3 Å². The molecule has 0 aromatic carbocycles. The van der Waals surface area contributed by atoms with E-state index in [4.69, 9.17) is 5.73 Å². The van der Waals surface area contributed by atoms with Gasteiger partial charge in [0.15, 0.2) is 0 Å². The Balaban J connectivity index is 1.84. The predicted molar refractivity (Wildman–Crippen MR) is 88.0 cm³/mol. The summed E-state index contributed by atoms with van der Waals surface area (Å²) in [5.41, 5.74) is 5.14. The lowest BCUT2D eigenvalue weighted by Crippen LogP contribution is -2.53. The van der Waals surface area contributed by atoms with E-state index in [2.05, 4.69) is 20.5 Å². The number of hydrogen-bond acceptors (Lipinski definition) is 4. The molecule has 0 spiro atoms. The molecule has 1 saturated heterocycles. The van der Waals surface area contributed by atoms with Crippen molar-refractivity contribution in [1.29, 1.82) is 0 Å². The van der Waals surface area contributed by atoms with Gasteiger partial charge in [-0.15, -0.1) is 0 Å². The highest BCUT2D eigenvalue weighted by Crippen LogP contribution is 2.17. The Labute approximate surface area is 136 Å². The molecule has 8 heteroatoms. The van der Waals surface area contributed by atoms with E-state index in [9.17, 15) is 9.59 Å². The Morgan fingerprint density at radius 2 is 2.13 bits per heavy atom. The van der Waals surface area contributed by atoms with Crippen LogP contribution >= 0.6 is 0 Å². The zero-order valence-electron chi connectivity index (χ0n) is 13.8. The average molecular weight is 322 g/mol. The number of piperidine rings is 1. The van der Waals surface area contributed by atoms with Gasteiger partial charge in [0, 0.05) is 38.6 Å². The number of rotatable bonds is 6. The molecule has 128 valence electrons. The Bertz CT molecular complexity index is 536. The zero-order chi connectivity index (χ0) is 16.8. The summed E-state index contributed by atoms with van der Waals surface area (Å²) in [5, 5.41) is 5.54. The number of aryl methyl sites for hydroxylation is 1. The van der Waals surface area contributed by atoms with Gasteiger partial charge in [-0.3, -0.25) is 4.79 Å². The van der Waals surface area contributed by atoms with E-state index < -0.39 is 12.1 Å². The number of nitrogens with zero attached hydrogens (tertiary/aromatic N) is 3. The molecule has 3 amide bonds. The highest BCUT2D eigenvalue weighted by Gasteiger charge is 2.26. The summed E-state index contributed by atoms with van der Waals surface area (Å²) in [7, 11) is 1.97. The highest BCUT2D eigenvalue weighted by atomic mass is 16.2. The molecule has 4 N–H and O–H groups in total. The number of imidazole rings is 1. The first-order chi connectivity index (χ1) is 11.0. The lowest BCUT2D eigenvalue weighted by molar-refractivity contribution is -0.123. The molecule has 0 aliphatic carbocycles. The molecular formula is C15H26N6O2. The average Bonchev–Trinajstić information content (AvgIpc) is 2.93. The SMILES string of the molecule is CCC[C@@H](NC(N)=O)C(=O)NC1CCN(c2nccn2C)CC1. The molecule has 2 rings (SSSR count). The van der Waals surface area contributed by atoms with Crippen LogP contribution in [0.2, 0.25) is 0 Å². The number of nitrogens with two attached hydrogens (primary N) is 1. The topological polar surface area (TPSA) is 105 Å². The molecule has 0 unspecified atom stereocenters. The predicted octanol–water partition coefficient (Wildman–Crippen LogP) is 0.342. The second-order valence-corrected chi connectivity index (χ2v) is 5.96. The first kappa shape index (κ1) is 17.1. The summed E-state index contributed by atoms with van der Waals surface area (Å²) >= 11 is 0. The Kier molecular flexibility index (Phi) is 5.84. The molecule has 1 aromatic rings. The van der Waals surface area contributed by atoms with Crippen molar-refractivity contribution in [3.8, 4) is 0 Å². The van der Waals surface area contributed by atoms with Crippen LogP contribution in [0.15, 0.2) is 12.4 Å². The smallest absolute Gasteiger partial charge is 0.312 e. The van der Waals surface area contributed by atoms with Crippen molar-refractivity contribution in [3.63, 3.8) is 0 Å². The summed E-state index contributed by atoms with van der Waals surface area (Å²) in [6, 6.07) is -1.10. The minimum absolute atomic E-state index is 0.119. The minimum atomic E-state index is -0.664. The number of carbonyl (C=O) groups is 2. The molecule has 0 radical (unpaired) electrons.